The van der Waals surface area contributed by atoms with Crippen LogP contribution in [0.1, 0.15) is 38.5 Å². The topological polar surface area (TPSA) is 43.4 Å². The fourth-order valence-corrected chi connectivity index (χ4v) is 4.30. The van der Waals surface area contributed by atoms with Gasteiger partial charge in [-0.2, -0.15) is 0 Å². The van der Waals surface area contributed by atoms with Gasteiger partial charge >= 0.3 is 11.9 Å². The minimum absolute atomic E-state index is 0.245. The van der Waals surface area contributed by atoms with Gasteiger partial charge in [0, 0.05) is 0 Å². The first kappa shape index (κ1) is 8.97. The lowest BCUT2D eigenvalue weighted by Crippen LogP contribution is -2.41. The number of esters is 2. The van der Waals surface area contributed by atoms with E-state index >= 15 is 0 Å². The Labute approximate surface area is 93.8 Å². The van der Waals surface area contributed by atoms with Gasteiger partial charge in [-0.05, 0) is 43.9 Å². The monoisotopic (exact) mass is 218 g/mol. The third-order valence-electron chi connectivity index (χ3n) is 5.29. The van der Waals surface area contributed by atoms with Gasteiger partial charge in [0.25, 0.3) is 0 Å². The second-order valence-electron chi connectivity index (χ2n) is 6.07. The Morgan fingerprint density at radius 2 is 1.44 bits per heavy atom. The molecule has 0 N–H and O–H groups in total. The lowest BCUT2D eigenvalue weighted by Gasteiger charge is -2.35. The van der Waals surface area contributed by atoms with Crippen molar-refractivity contribution in [3.8, 4) is 0 Å². The van der Waals surface area contributed by atoms with E-state index in [-0.39, 0.29) is 11.9 Å². The standard InChI is InChI=1S/C13H14O3/c14-9-12-3-1-2-4-13(12,10(15)16-9)8-11(7-12)5-6-11/h1-2H,3-8H2/t12-,13?/m1/s1. The Morgan fingerprint density at radius 1 is 0.938 bits per heavy atom. The molecule has 0 aromatic carbocycles. The summed E-state index contributed by atoms with van der Waals surface area (Å²) in [6, 6.07) is 0. The van der Waals surface area contributed by atoms with E-state index in [1.165, 1.54) is 12.8 Å². The number of carbonyl (C=O) groups is 2. The van der Waals surface area contributed by atoms with Crippen LogP contribution in [-0.4, -0.2) is 11.9 Å². The van der Waals surface area contributed by atoms with Crippen molar-refractivity contribution in [3.63, 3.8) is 0 Å². The van der Waals surface area contributed by atoms with Gasteiger partial charge in [-0.15, -0.1) is 0 Å². The molecule has 0 bridgehead atoms. The highest BCUT2D eigenvalue weighted by Crippen LogP contribution is 2.75. The van der Waals surface area contributed by atoms with Crippen molar-refractivity contribution in [1.29, 1.82) is 0 Å². The fourth-order valence-electron chi connectivity index (χ4n) is 4.30. The van der Waals surface area contributed by atoms with Crippen LogP contribution in [0.15, 0.2) is 12.2 Å². The molecular formula is C13H14O3. The van der Waals surface area contributed by atoms with E-state index in [9.17, 15) is 9.59 Å². The molecule has 2 saturated carbocycles. The number of rotatable bonds is 0. The molecule has 3 nitrogen and oxygen atoms in total. The maximum atomic E-state index is 12.1. The zero-order valence-electron chi connectivity index (χ0n) is 9.12. The summed E-state index contributed by atoms with van der Waals surface area (Å²) in [6.45, 7) is 0. The van der Waals surface area contributed by atoms with Gasteiger partial charge in [0.15, 0.2) is 0 Å². The van der Waals surface area contributed by atoms with Gasteiger partial charge in [0.2, 0.25) is 0 Å². The van der Waals surface area contributed by atoms with Crippen LogP contribution in [0.3, 0.4) is 0 Å². The van der Waals surface area contributed by atoms with Crippen molar-refractivity contribution in [2.75, 3.05) is 0 Å². The molecule has 3 heteroatoms. The van der Waals surface area contributed by atoms with Gasteiger partial charge in [0.1, 0.15) is 0 Å². The van der Waals surface area contributed by atoms with Gasteiger partial charge in [-0.25, -0.2) is 0 Å². The maximum absolute atomic E-state index is 12.1. The van der Waals surface area contributed by atoms with Gasteiger partial charge in [0.05, 0.1) is 10.8 Å². The van der Waals surface area contributed by atoms with Crippen LogP contribution in [0.4, 0.5) is 0 Å². The van der Waals surface area contributed by atoms with Crippen molar-refractivity contribution in [2.45, 2.75) is 38.5 Å². The highest BCUT2D eigenvalue weighted by atomic mass is 16.6. The van der Waals surface area contributed by atoms with E-state index in [1.54, 1.807) is 0 Å². The molecule has 84 valence electrons. The van der Waals surface area contributed by atoms with Crippen molar-refractivity contribution in [2.24, 2.45) is 16.2 Å². The molecule has 1 spiro atoms. The highest BCUT2D eigenvalue weighted by Gasteiger charge is 2.77. The third kappa shape index (κ3) is 0.731. The maximum Gasteiger partial charge on any atom is 0.321 e. The molecule has 0 aromatic rings. The van der Waals surface area contributed by atoms with Crippen molar-refractivity contribution < 1.29 is 14.3 Å². The molecule has 0 amide bonds. The second-order valence-corrected chi connectivity index (χ2v) is 6.07. The smallest absolute Gasteiger partial charge is 0.321 e. The van der Waals surface area contributed by atoms with Crippen LogP contribution in [-0.2, 0) is 14.3 Å². The van der Waals surface area contributed by atoms with Crippen molar-refractivity contribution in [3.05, 3.63) is 12.2 Å². The van der Waals surface area contributed by atoms with Crippen LogP contribution < -0.4 is 0 Å². The molecule has 2 atom stereocenters. The molecule has 1 heterocycles. The number of allylic oxidation sites excluding steroid dienone is 2. The van der Waals surface area contributed by atoms with E-state index in [2.05, 4.69) is 12.2 Å². The lowest BCUT2D eigenvalue weighted by atomic mass is 9.61. The van der Waals surface area contributed by atoms with E-state index < -0.39 is 10.8 Å². The minimum Gasteiger partial charge on any atom is -0.392 e. The van der Waals surface area contributed by atoms with Crippen LogP contribution in [0, 0.1) is 16.2 Å². The zero-order valence-corrected chi connectivity index (χ0v) is 9.12. The summed E-state index contributed by atoms with van der Waals surface area (Å²) in [5, 5.41) is 0. The van der Waals surface area contributed by atoms with Crippen LogP contribution in [0.2, 0.25) is 0 Å². The molecule has 3 aliphatic carbocycles. The van der Waals surface area contributed by atoms with E-state index in [0.29, 0.717) is 18.3 Å². The van der Waals surface area contributed by atoms with Crippen LogP contribution in [0.25, 0.3) is 0 Å². The normalized spacial score (nSPS) is 46.8. The Morgan fingerprint density at radius 3 is 1.88 bits per heavy atom. The molecular weight excluding hydrogens is 204 g/mol. The van der Waals surface area contributed by atoms with Crippen molar-refractivity contribution >= 4 is 11.9 Å². The lowest BCUT2D eigenvalue weighted by molar-refractivity contribution is -0.157. The first-order chi connectivity index (χ1) is 7.63. The molecule has 1 aliphatic heterocycles. The van der Waals surface area contributed by atoms with Crippen molar-refractivity contribution in [1.82, 2.24) is 0 Å². The first-order valence-electron chi connectivity index (χ1n) is 6.04. The zero-order chi connectivity index (χ0) is 11.0. The number of ether oxygens (including phenoxy) is 1. The molecule has 16 heavy (non-hydrogen) atoms. The molecule has 1 saturated heterocycles. The molecule has 0 aromatic heterocycles. The predicted molar refractivity (Wildman–Crippen MR) is 55.2 cm³/mol. The molecule has 0 radical (unpaired) electrons. The largest absolute Gasteiger partial charge is 0.392 e. The Kier molecular flexibility index (Phi) is 1.27. The third-order valence-corrected chi connectivity index (χ3v) is 5.29. The van der Waals surface area contributed by atoms with Gasteiger partial charge in [-0.1, -0.05) is 12.2 Å². The average molecular weight is 218 g/mol. The SMILES string of the molecule is O=C1OC(=O)[C@]23CC=CCC12CC1(CC1)C3. The number of hydrogen-bond donors (Lipinski definition) is 0. The highest BCUT2D eigenvalue weighted by molar-refractivity contribution is 6.03. The number of hydrogen-bond acceptors (Lipinski definition) is 3. The Balaban J connectivity index is 1.93. The molecule has 1 unspecified atom stereocenters. The second kappa shape index (κ2) is 2.27. The summed E-state index contributed by atoms with van der Waals surface area (Å²) in [5.74, 6) is -0.490. The van der Waals surface area contributed by atoms with Gasteiger partial charge in [-0.3, -0.25) is 9.59 Å². The Hall–Kier alpha value is -1.12. The molecule has 3 fully saturated rings. The molecule has 4 rings (SSSR count). The molecule has 4 aliphatic rings. The van der Waals surface area contributed by atoms with E-state index in [1.807, 2.05) is 0 Å². The number of cyclic esters (lactones) is 2. The van der Waals surface area contributed by atoms with Crippen LogP contribution >= 0.6 is 0 Å². The van der Waals surface area contributed by atoms with Crippen LogP contribution in [0.5, 0.6) is 0 Å². The van der Waals surface area contributed by atoms with E-state index in [0.717, 1.165) is 12.8 Å². The quantitative estimate of drug-likeness (QED) is 0.354. The summed E-state index contributed by atoms with van der Waals surface area (Å²) in [6.07, 6.45) is 9.68. The predicted octanol–water partition coefficient (Wildman–Crippen LogP) is 1.97. The Bertz CT molecular complexity index is 410. The minimum atomic E-state index is -0.491. The summed E-state index contributed by atoms with van der Waals surface area (Å²) >= 11 is 0. The number of carbonyl (C=O) groups excluding carboxylic acids is 2. The summed E-state index contributed by atoms with van der Waals surface area (Å²) in [4.78, 5) is 24.1. The summed E-state index contributed by atoms with van der Waals surface area (Å²) in [7, 11) is 0. The van der Waals surface area contributed by atoms with E-state index in [4.69, 9.17) is 4.74 Å². The van der Waals surface area contributed by atoms with Gasteiger partial charge < -0.3 is 4.74 Å². The summed E-state index contributed by atoms with van der Waals surface area (Å²) in [5.41, 5.74) is -0.675. The fraction of sp³-hybridized carbons (Fsp3) is 0.692. The average Bonchev–Trinajstić information content (AvgIpc) is 2.86. The summed E-state index contributed by atoms with van der Waals surface area (Å²) < 4.78 is 4.96. The first-order valence-corrected chi connectivity index (χ1v) is 6.04.